The normalized spacial score (nSPS) is 12.1. The summed E-state index contributed by atoms with van der Waals surface area (Å²) in [5, 5.41) is 9.50. The summed E-state index contributed by atoms with van der Waals surface area (Å²) in [6.07, 6.45) is 10.5. The van der Waals surface area contributed by atoms with Crippen LogP contribution in [0, 0.1) is 6.07 Å². The van der Waals surface area contributed by atoms with Gasteiger partial charge in [0.05, 0.1) is 22.4 Å². The van der Waals surface area contributed by atoms with Gasteiger partial charge >= 0.3 is 0 Å². The molecule has 6 aromatic rings. The molecule has 0 saturated heterocycles. The minimum Gasteiger partial charge on any atom is -0.512 e. The van der Waals surface area contributed by atoms with E-state index in [1.165, 1.54) is 36.6 Å². The molecule has 0 atom stereocenters. The molecule has 53 heavy (non-hydrogen) atoms. The molecule has 273 valence electrons. The summed E-state index contributed by atoms with van der Waals surface area (Å²) < 4.78 is 11.6. The van der Waals surface area contributed by atoms with Gasteiger partial charge < -0.3 is 19.2 Å². The molecule has 0 unspecified atom stereocenters. The van der Waals surface area contributed by atoms with Crippen LogP contribution < -0.4 is 10.2 Å². The summed E-state index contributed by atoms with van der Waals surface area (Å²) in [6, 6.07) is 28.6. The Labute approximate surface area is 324 Å². The average molecular weight is 884 g/mol. The molecule has 1 radical (unpaired) electrons. The quantitative estimate of drug-likeness (QED) is 0.0796. The first kappa shape index (κ1) is 40.3. The van der Waals surface area contributed by atoms with Crippen LogP contribution in [0.3, 0.4) is 0 Å². The number of aromatic nitrogens is 2. The van der Waals surface area contributed by atoms with Gasteiger partial charge in [0, 0.05) is 44.1 Å². The van der Waals surface area contributed by atoms with Crippen molar-refractivity contribution >= 4 is 27.7 Å². The molecule has 0 fully saturated rings. The largest absolute Gasteiger partial charge is 0.512 e. The van der Waals surface area contributed by atoms with Crippen molar-refractivity contribution in [3.8, 4) is 28.3 Å². The minimum absolute atomic E-state index is 0. The SMILES string of the molecule is C=CC1=CCc2cc(-c3cc(CC)ccn3)ccc2O1.CC(=O)C=C(C)O.CC(C)(C)c1ccnc(-c2[c-]cc3oc4ccccc4c(=O)c3c2)c1.[Ir]. The van der Waals surface area contributed by atoms with Crippen LogP contribution in [0.2, 0.25) is 0 Å². The van der Waals surface area contributed by atoms with Crippen molar-refractivity contribution in [2.24, 2.45) is 0 Å². The summed E-state index contributed by atoms with van der Waals surface area (Å²) >= 11 is 0. The Kier molecular flexibility index (Phi) is 13.6. The molecule has 0 amide bonds. The zero-order valence-electron chi connectivity index (χ0n) is 30.8. The number of ketones is 1. The number of fused-ring (bicyclic) bond motifs is 3. The topological polar surface area (TPSA) is 103 Å². The number of aliphatic hydroxyl groups excluding tert-OH is 1. The summed E-state index contributed by atoms with van der Waals surface area (Å²) in [7, 11) is 0. The van der Waals surface area contributed by atoms with Crippen LogP contribution in [-0.4, -0.2) is 20.9 Å². The predicted octanol–water partition coefficient (Wildman–Crippen LogP) is 10.5. The fraction of sp³-hybridized carbons (Fsp3) is 0.200. The van der Waals surface area contributed by atoms with Gasteiger partial charge in [0.2, 0.25) is 0 Å². The maximum absolute atomic E-state index is 12.8. The first-order valence-electron chi connectivity index (χ1n) is 17.2. The van der Waals surface area contributed by atoms with Gasteiger partial charge in [0.15, 0.2) is 11.2 Å². The Morgan fingerprint density at radius 3 is 2.36 bits per heavy atom. The molecule has 4 heterocycles. The van der Waals surface area contributed by atoms with E-state index in [2.05, 4.69) is 86.7 Å². The number of hydrogen-bond acceptors (Lipinski definition) is 7. The molecule has 3 aromatic heterocycles. The van der Waals surface area contributed by atoms with E-state index in [0.717, 1.165) is 46.9 Å². The smallest absolute Gasteiger partial charge is 0.182 e. The third-order valence-electron chi connectivity index (χ3n) is 8.36. The molecule has 7 nitrogen and oxygen atoms in total. The van der Waals surface area contributed by atoms with Gasteiger partial charge in [-0.1, -0.05) is 52.5 Å². The molecule has 1 aliphatic rings. The van der Waals surface area contributed by atoms with Crippen LogP contribution in [0.25, 0.3) is 44.5 Å². The fourth-order valence-corrected chi connectivity index (χ4v) is 5.59. The van der Waals surface area contributed by atoms with Crippen LogP contribution in [0.15, 0.2) is 137 Å². The van der Waals surface area contributed by atoms with Gasteiger partial charge in [-0.2, -0.15) is 0 Å². The van der Waals surface area contributed by atoms with E-state index >= 15 is 0 Å². The van der Waals surface area contributed by atoms with Crippen LogP contribution in [0.5, 0.6) is 5.75 Å². The van der Waals surface area contributed by atoms with Crippen LogP contribution >= 0.6 is 0 Å². The van der Waals surface area contributed by atoms with Crippen molar-refractivity contribution in [1.82, 2.24) is 9.97 Å². The van der Waals surface area contributed by atoms with Crippen LogP contribution in [0.4, 0.5) is 0 Å². The zero-order chi connectivity index (χ0) is 37.4. The standard InChI is InChI=1S/C22H18NO2.C18H17NO.C5H8O2.Ir/c1-22(2,3)15-10-11-23-18(13-15)14-8-9-20-17(12-14)21(24)16-6-4-5-7-19(16)25-20;1-3-13-9-10-19-17(11-13)14-6-8-18-15(12-14)5-7-16(4-2)20-18;1-4(6)3-5(2)7;/h4-7,9-13H,1-3H3;4,6-12H,2-3,5H2,1H3;3,6H,1-2H3;/q-1;;;. The maximum atomic E-state index is 12.8. The number of ether oxygens (including phenoxy) is 1. The molecule has 0 saturated carbocycles. The third-order valence-corrected chi connectivity index (χ3v) is 8.36. The van der Waals surface area contributed by atoms with Crippen molar-refractivity contribution < 1.29 is 39.2 Å². The first-order chi connectivity index (χ1) is 24.9. The third kappa shape index (κ3) is 10.3. The Morgan fingerprint density at radius 2 is 1.68 bits per heavy atom. The molecule has 0 bridgehead atoms. The fourth-order valence-electron chi connectivity index (χ4n) is 5.59. The van der Waals surface area contributed by atoms with E-state index in [9.17, 15) is 9.59 Å². The minimum atomic E-state index is -0.125. The zero-order valence-corrected chi connectivity index (χ0v) is 33.2. The van der Waals surface area contributed by atoms with Crippen molar-refractivity contribution in [2.75, 3.05) is 0 Å². The summed E-state index contributed by atoms with van der Waals surface area (Å²) in [4.78, 5) is 31.7. The van der Waals surface area contributed by atoms with Gasteiger partial charge in [-0.3, -0.25) is 14.6 Å². The summed E-state index contributed by atoms with van der Waals surface area (Å²) in [6.45, 7) is 15.2. The molecule has 1 N–H and O–H groups in total. The molecule has 0 spiro atoms. The maximum Gasteiger partial charge on any atom is 0.182 e. The van der Waals surface area contributed by atoms with E-state index in [1.54, 1.807) is 30.5 Å². The van der Waals surface area contributed by atoms with Crippen molar-refractivity contribution in [1.29, 1.82) is 0 Å². The number of pyridine rings is 2. The number of benzene rings is 3. The molecular formula is C45H43IrN2O5-. The number of aryl methyl sites for hydroxylation is 1. The number of aliphatic hydroxyl groups is 1. The van der Waals surface area contributed by atoms with E-state index in [1.807, 2.05) is 36.5 Å². The van der Waals surface area contributed by atoms with E-state index in [-0.39, 0.29) is 42.5 Å². The van der Waals surface area contributed by atoms with Crippen LogP contribution in [0.1, 0.15) is 58.2 Å². The van der Waals surface area contributed by atoms with Gasteiger partial charge in [0.1, 0.15) is 17.1 Å². The summed E-state index contributed by atoms with van der Waals surface area (Å²) in [5.41, 5.74) is 8.58. The van der Waals surface area contributed by atoms with E-state index < -0.39 is 0 Å². The second-order valence-corrected chi connectivity index (χ2v) is 13.5. The first-order valence-corrected chi connectivity index (χ1v) is 17.2. The summed E-state index contributed by atoms with van der Waals surface area (Å²) in [5.74, 6) is 1.68. The Balaban J connectivity index is 0.000000201. The molecule has 0 aliphatic carbocycles. The predicted molar refractivity (Wildman–Crippen MR) is 209 cm³/mol. The Hall–Kier alpha value is -5.43. The van der Waals surface area contributed by atoms with Crippen molar-refractivity contribution in [2.45, 2.75) is 59.8 Å². The van der Waals surface area contributed by atoms with Gasteiger partial charge in [0.25, 0.3) is 0 Å². The second kappa shape index (κ2) is 17.9. The van der Waals surface area contributed by atoms with Gasteiger partial charge in [-0.05, 0) is 121 Å². The number of nitrogens with zero attached hydrogens (tertiary/aromatic N) is 2. The Morgan fingerprint density at radius 1 is 0.943 bits per heavy atom. The van der Waals surface area contributed by atoms with E-state index in [0.29, 0.717) is 21.9 Å². The van der Waals surface area contributed by atoms with Gasteiger partial charge in [-0.15, -0.1) is 23.8 Å². The molecule has 3 aromatic carbocycles. The van der Waals surface area contributed by atoms with Crippen LogP contribution in [-0.2, 0) is 43.2 Å². The number of hydrogen-bond donors (Lipinski definition) is 1. The number of carbonyl (C=O) groups excluding carboxylic acids is 1. The average Bonchev–Trinajstić information content (AvgIpc) is 3.14. The van der Waals surface area contributed by atoms with Gasteiger partial charge in [-0.25, -0.2) is 0 Å². The number of carbonyl (C=O) groups is 1. The van der Waals surface area contributed by atoms with Crippen molar-refractivity contribution in [3.63, 3.8) is 0 Å². The van der Waals surface area contributed by atoms with Crippen molar-refractivity contribution in [3.05, 3.63) is 161 Å². The molecule has 1 aliphatic heterocycles. The molecular weight excluding hydrogens is 841 g/mol. The second-order valence-electron chi connectivity index (χ2n) is 13.5. The molecule has 8 heteroatoms. The number of rotatable bonds is 5. The molecule has 7 rings (SSSR count). The number of allylic oxidation sites excluding steroid dienone is 4. The number of para-hydroxylation sites is 1. The Bertz CT molecular complexity index is 2380. The monoisotopic (exact) mass is 884 g/mol. The van der Waals surface area contributed by atoms with E-state index in [4.69, 9.17) is 14.3 Å².